The van der Waals surface area contributed by atoms with E-state index in [0.717, 1.165) is 0 Å². The topological polar surface area (TPSA) is 85.3 Å². The van der Waals surface area contributed by atoms with E-state index in [1.165, 1.54) is 17.1 Å². The molecule has 124 valence electrons. The Balaban J connectivity index is 2.17. The lowest BCUT2D eigenvalue weighted by molar-refractivity contribution is -0.144. The quantitative estimate of drug-likeness (QED) is 0.771. The number of ether oxygens (including phenoxy) is 3. The highest BCUT2D eigenvalue weighted by Gasteiger charge is 2.50. The smallest absolute Gasteiger partial charge is 0.412 e. The van der Waals surface area contributed by atoms with Gasteiger partial charge in [0.25, 0.3) is 0 Å². The standard InChI is InChI=1S/C15H23NO6/c1-14(2,3)22-13(19)16-9(8-20-15(16,4)5)12(18)10-6-7-11(17)21-10/h6-7,9-10,12,18H,8H2,1-5H3/t9-,10-,12-/m0/s1. The zero-order chi connectivity index (χ0) is 16.7. The number of cyclic esters (lactones) is 1. The molecule has 0 spiro atoms. The highest BCUT2D eigenvalue weighted by atomic mass is 16.6. The first-order valence-electron chi connectivity index (χ1n) is 7.24. The largest absolute Gasteiger partial charge is 0.452 e. The molecule has 7 nitrogen and oxygen atoms in total. The lowest BCUT2D eigenvalue weighted by Gasteiger charge is -2.37. The second-order valence-electron chi connectivity index (χ2n) is 6.93. The van der Waals surface area contributed by atoms with Crippen molar-refractivity contribution >= 4 is 12.1 Å². The first kappa shape index (κ1) is 16.8. The van der Waals surface area contributed by atoms with Crippen molar-refractivity contribution in [2.24, 2.45) is 0 Å². The van der Waals surface area contributed by atoms with Gasteiger partial charge in [-0.25, -0.2) is 9.59 Å². The van der Waals surface area contributed by atoms with Crippen molar-refractivity contribution in [2.75, 3.05) is 6.61 Å². The Bertz CT molecular complexity index is 493. The van der Waals surface area contributed by atoms with Gasteiger partial charge in [0.1, 0.15) is 23.5 Å². The summed E-state index contributed by atoms with van der Waals surface area (Å²) < 4.78 is 16.0. The molecule has 1 amide bonds. The molecule has 3 atom stereocenters. The van der Waals surface area contributed by atoms with Gasteiger partial charge in [0, 0.05) is 6.08 Å². The van der Waals surface area contributed by atoms with Crippen molar-refractivity contribution in [3.05, 3.63) is 12.2 Å². The van der Waals surface area contributed by atoms with Crippen molar-refractivity contribution in [1.29, 1.82) is 0 Å². The SMILES string of the molecule is CC(C)(C)OC(=O)N1[C@H]([C@H](O)[C@@H]2C=CC(=O)O2)COC1(C)C. The molecule has 0 aromatic carbocycles. The fraction of sp³-hybridized carbons (Fsp3) is 0.733. The summed E-state index contributed by atoms with van der Waals surface area (Å²) >= 11 is 0. The molecule has 1 N–H and O–H groups in total. The Labute approximate surface area is 129 Å². The minimum absolute atomic E-state index is 0.134. The molecule has 0 radical (unpaired) electrons. The first-order valence-corrected chi connectivity index (χ1v) is 7.24. The van der Waals surface area contributed by atoms with Crippen molar-refractivity contribution in [3.63, 3.8) is 0 Å². The number of aliphatic hydroxyl groups is 1. The zero-order valence-corrected chi connectivity index (χ0v) is 13.5. The Morgan fingerprint density at radius 2 is 2.14 bits per heavy atom. The minimum atomic E-state index is -1.09. The third-order valence-corrected chi connectivity index (χ3v) is 3.51. The van der Waals surface area contributed by atoms with Crippen LogP contribution in [0.2, 0.25) is 0 Å². The van der Waals surface area contributed by atoms with Crippen LogP contribution in [0.4, 0.5) is 4.79 Å². The summed E-state index contributed by atoms with van der Waals surface area (Å²) in [5.74, 6) is -0.508. The minimum Gasteiger partial charge on any atom is -0.452 e. The maximum Gasteiger partial charge on any atom is 0.412 e. The number of nitrogens with zero attached hydrogens (tertiary/aromatic N) is 1. The summed E-state index contributed by atoms with van der Waals surface area (Å²) in [5.41, 5.74) is -1.58. The summed E-state index contributed by atoms with van der Waals surface area (Å²) in [6.07, 6.45) is 0.280. The molecule has 22 heavy (non-hydrogen) atoms. The number of hydrogen-bond acceptors (Lipinski definition) is 6. The van der Waals surface area contributed by atoms with E-state index in [2.05, 4.69) is 0 Å². The first-order chi connectivity index (χ1) is 10.0. The van der Waals surface area contributed by atoms with Gasteiger partial charge in [0.2, 0.25) is 0 Å². The molecule has 2 rings (SSSR count). The van der Waals surface area contributed by atoms with Crippen LogP contribution in [0, 0.1) is 0 Å². The fourth-order valence-electron chi connectivity index (χ4n) is 2.54. The van der Waals surface area contributed by atoms with Crippen molar-refractivity contribution in [2.45, 2.75) is 64.2 Å². The van der Waals surface area contributed by atoms with Gasteiger partial charge in [-0.1, -0.05) is 0 Å². The third-order valence-electron chi connectivity index (χ3n) is 3.51. The maximum absolute atomic E-state index is 12.5. The van der Waals surface area contributed by atoms with E-state index in [4.69, 9.17) is 14.2 Å². The second kappa shape index (κ2) is 5.55. The van der Waals surface area contributed by atoms with Gasteiger partial charge in [-0.05, 0) is 40.7 Å². The molecule has 0 bridgehead atoms. The second-order valence-corrected chi connectivity index (χ2v) is 6.93. The molecule has 7 heteroatoms. The van der Waals surface area contributed by atoms with Gasteiger partial charge in [0.05, 0.1) is 12.6 Å². The van der Waals surface area contributed by atoms with Gasteiger partial charge in [-0.15, -0.1) is 0 Å². The van der Waals surface area contributed by atoms with Crippen LogP contribution in [0.1, 0.15) is 34.6 Å². The van der Waals surface area contributed by atoms with Crippen molar-refractivity contribution < 1.29 is 28.9 Å². The normalized spacial score (nSPS) is 28.6. The molecule has 1 fully saturated rings. The predicted octanol–water partition coefficient (Wildman–Crippen LogP) is 1.20. The fourth-order valence-corrected chi connectivity index (χ4v) is 2.54. The summed E-state index contributed by atoms with van der Waals surface area (Å²) in [6, 6.07) is -0.662. The Morgan fingerprint density at radius 3 is 2.64 bits per heavy atom. The van der Waals surface area contributed by atoms with E-state index in [-0.39, 0.29) is 6.61 Å². The molecular formula is C15H23NO6. The number of rotatable bonds is 2. The molecule has 2 aliphatic heterocycles. The zero-order valence-electron chi connectivity index (χ0n) is 13.5. The van der Waals surface area contributed by atoms with Crippen LogP contribution >= 0.6 is 0 Å². The van der Waals surface area contributed by atoms with Crippen molar-refractivity contribution in [1.82, 2.24) is 4.90 Å². The number of amides is 1. The van der Waals surface area contributed by atoms with Gasteiger partial charge in [-0.3, -0.25) is 4.90 Å². The summed E-state index contributed by atoms with van der Waals surface area (Å²) in [4.78, 5) is 25.0. The van der Waals surface area contributed by atoms with Gasteiger partial charge in [0.15, 0.2) is 0 Å². The third kappa shape index (κ3) is 3.41. The highest BCUT2D eigenvalue weighted by molar-refractivity contribution is 5.84. The van der Waals surface area contributed by atoms with Gasteiger partial charge in [-0.2, -0.15) is 0 Å². The van der Waals surface area contributed by atoms with E-state index in [1.807, 2.05) is 0 Å². The molecule has 0 aromatic rings. The Morgan fingerprint density at radius 1 is 1.50 bits per heavy atom. The van der Waals surface area contributed by atoms with E-state index >= 15 is 0 Å². The molecular weight excluding hydrogens is 290 g/mol. The summed E-state index contributed by atoms with van der Waals surface area (Å²) in [7, 11) is 0. The van der Waals surface area contributed by atoms with E-state index in [1.54, 1.807) is 34.6 Å². The number of esters is 1. The highest BCUT2D eigenvalue weighted by Crippen LogP contribution is 2.32. The Kier molecular flexibility index (Phi) is 4.23. The van der Waals surface area contributed by atoms with Gasteiger partial charge >= 0.3 is 12.1 Å². The molecule has 2 aliphatic rings. The maximum atomic E-state index is 12.5. The summed E-state index contributed by atoms with van der Waals surface area (Å²) in [6.45, 7) is 8.88. The molecule has 0 aromatic heterocycles. The monoisotopic (exact) mass is 313 g/mol. The number of hydrogen-bond donors (Lipinski definition) is 1. The molecule has 0 unspecified atom stereocenters. The molecule has 0 aliphatic carbocycles. The lowest BCUT2D eigenvalue weighted by atomic mass is 10.0. The Hall–Kier alpha value is -1.60. The van der Waals surface area contributed by atoms with Crippen LogP contribution in [0.5, 0.6) is 0 Å². The number of carbonyl (C=O) groups excluding carboxylic acids is 2. The van der Waals surface area contributed by atoms with Crippen LogP contribution in [0.25, 0.3) is 0 Å². The lowest BCUT2D eigenvalue weighted by Crippen LogP contribution is -2.55. The molecule has 2 heterocycles. The number of carbonyl (C=O) groups is 2. The van der Waals surface area contributed by atoms with Gasteiger partial charge < -0.3 is 19.3 Å². The predicted molar refractivity (Wildman–Crippen MR) is 76.9 cm³/mol. The van der Waals surface area contributed by atoms with E-state index in [0.29, 0.717) is 0 Å². The average Bonchev–Trinajstić information content (AvgIpc) is 2.89. The van der Waals surface area contributed by atoms with Crippen LogP contribution in [-0.2, 0) is 19.0 Å². The van der Waals surface area contributed by atoms with Crippen LogP contribution in [0.15, 0.2) is 12.2 Å². The van der Waals surface area contributed by atoms with Crippen molar-refractivity contribution in [3.8, 4) is 0 Å². The summed E-state index contributed by atoms with van der Waals surface area (Å²) in [5, 5.41) is 10.5. The van der Waals surface area contributed by atoms with E-state index < -0.39 is 41.6 Å². The van der Waals surface area contributed by atoms with E-state index in [9.17, 15) is 14.7 Å². The molecule has 1 saturated heterocycles. The number of aliphatic hydroxyl groups excluding tert-OH is 1. The van der Waals surface area contributed by atoms with Crippen LogP contribution in [-0.4, -0.2) is 58.3 Å². The van der Waals surface area contributed by atoms with Crippen LogP contribution in [0.3, 0.4) is 0 Å². The van der Waals surface area contributed by atoms with Crippen LogP contribution < -0.4 is 0 Å². The average molecular weight is 313 g/mol. The molecule has 0 saturated carbocycles.